The smallest absolute Gasteiger partial charge is 0.327 e. The number of esters is 1. The van der Waals surface area contributed by atoms with Gasteiger partial charge >= 0.3 is 5.97 Å². The maximum Gasteiger partial charge on any atom is 0.327 e. The summed E-state index contributed by atoms with van der Waals surface area (Å²) in [6.07, 6.45) is 0. The molecule has 0 radical (unpaired) electrons. The first kappa shape index (κ1) is 17.0. The normalized spacial score (nSPS) is 11.8. The van der Waals surface area contributed by atoms with E-state index in [-0.39, 0.29) is 5.97 Å². The summed E-state index contributed by atoms with van der Waals surface area (Å²) in [4.78, 5) is 12.2. The summed E-state index contributed by atoms with van der Waals surface area (Å²) in [6.45, 7) is 4.55. The molecule has 0 aliphatic rings. The lowest BCUT2D eigenvalue weighted by molar-refractivity contribution is -0.143. The zero-order valence-corrected chi connectivity index (χ0v) is 14.1. The first-order valence-corrected chi connectivity index (χ1v) is 7.57. The van der Waals surface area contributed by atoms with Gasteiger partial charge in [0.1, 0.15) is 11.8 Å². The Morgan fingerprint density at radius 1 is 1.13 bits per heavy atom. The Hall–Kier alpha value is -2.33. The van der Waals surface area contributed by atoms with Crippen LogP contribution >= 0.6 is 0 Å². The molecule has 4 heteroatoms. The number of aryl methyl sites for hydroxylation is 2. The Morgan fingerprint density at radius 3 is 2.52 bits per heavy atom. The van der Waals surface area contributed by atoms with Gasteiger partial charge in [-0.2, -0.15) is 0 Å². The fourth-order valence-corrected chi connectivity index (χ4v) is 2.65. The number of benzene rings is 2. The maximum atomic E-state index is 12.2. The Labute approximate surface area is 137 Å². The Kier molecular flexibility index (Phi) is 5.77. The van der Waals surface area contributed by atoms with Gasteiger partial charge < -0.3 is 9.47 Å². The molecule has 0 amide bonds. The summed E-state index contributed by atoms with van der Waals surface area (Å²) in [5.74, 6) is 0.496. The molecule has 0 aromatic heterocycles. The number of methoxy groups -OCH3 is 2. The minimum absolute atomic E-state index is 0.299. The van der Waals surface area contributed by atoms with E-state index in [1.54, 1.807) is 7.11 Å². The quantitative estimate of drug-likeness (QED) is 0.831. The highest BCUT2D eigenvalue weighted by Crippen LogP contribution is 2.23. The van der Waals surface area contributed by atoms with Crippen molar-refractivity contribution in [1.82, 2.24) is 5.32 Å². The van der Waals surface area contributed by atoms with E-state index in [1.165, 1.54) is 12.7 Å². The highest BCUT2D eigenvalue weighted by atomic mass is 16.5. The molecule has 0 saturated carbocycles. The van der Waals surface area contributed by atoms with Crippen LogP contribution in [0, 0.1) is 13.8 Å². The number of hydrogen-bond donors (Lipinski definition) is 1. The lowest BCUT2D eigenvalue weighted by Gasteiger charge is -2.20. The van der Waals surface area contributed by atoms with Crippen LogP contribution in [0.25, 0.3) is 0 Å². The van der Waals surface area contributed by atoms with Gasteiger partial charge in [0, 0.05) is 12.1 Å². The Balaban J connectivity index is 2.24. The van der Waals surface area contributed by atoms with Crippen LogP contribution in [0.1, 0.15) is 28.3 Å². The average Bonchev–Trinajstić information content (AvgIpc) is 2.56. The molecule has 0 fully saturated rings. The van der Waals surface area contributed by atoms with E-state index in [2.05, 4.69) is 11.4 Å². The monoisotopic (exact) mass is 313 g/mol. The van der Waals surface area contributed by atoms with Gasteiger partial charge in [-0.25, -0.2) is 4.79 Å². The highest BCUT2D eigenvalue weighted by molar-refractivity contribution is 5.78. The molecule has 0 aliphatic carbocycles. The van der Waals surface area contributed by atoms with Gasteiger partial charge in [-0.05, 0) is 31.0 Å². The van der Waals surface area contributed by atoms with E-state index < -0.39 is 6.04 Å². The van der Waals surface area contributed by atoms with Gasteiger partial charge in [0.25, 0.3) is 0 Å². The Morgan fingerprint density at radius 2 is 1.87 bits per heavy atom. The van der Waals surface area contributed by atoms with E-state index >= 15 is 0 Å². The van der Waals surface area contributed by atoms with Gasteiger partial charge in [-0.1, -0.05) is 42.0 Å². The van der Waals surface area contributed by atoms with Gasteiger partial charge in [0.15, 0.2) is 0 Å². The molecule has 0 bridgehead atoms. The molecule has 1 atom stereocenters. The van der Waals surface area contributed by atoms with E-state index in [9.17, 15) is 4.79 Å². The minimum atomic E-state index is -0.509. The zero-order valence-electron chi connectivity index (χ0n) is 14.1. The maximum absolute atomic E-state index is 12.2. The van der Waals surface area contributed by atoms with E-state index in [4.69, 9.17) is 9.47 Å². The predicted molar refractivity (Wildman–Crippen MR) is 90.5 cm³/mol. The van der Waals surface area contributed by atoms with Crippen LogP contribution in [0.4, 0.5) is 0 Å². The second-order valence-corrected chi connectivity index (χ2v) is 5.51. The number of carbonyl (C=O) groups is 1. The summed E-state index contributed by atoms with van der Waals surface area (Å²) < 4.78 is 10.3. The number of carbonyl (C=O) groups excluding carboxylic acids is 1. The molecule has 0 aliphatic heterocycles. The molecular weight excluding hydrogens is 290 g/mol. The fourth-order valence-electron chi connectivity index (χ4n) is 2.65. The SMILES string of the molecule is COC(=O)[C@H](NCc1ccccc1OC)c1ccc(C)cc1C. The van der Waals surface area contributed by atoms with Crippen molar-refractivity contribution in [3.63, 3.8) is 0 Å². The molecule has 0 unspecified atom stereocenters. The third kappa shape index (κ3) is 4.11. The van der Waals surface area contributed by atoms with Crippen molar-refractivity contribution in [2.45, 2.75) is 26.4 Å². The fraction of sp³-hybridized carbons (Fsp3) is 0.316. The predicted octanol–water partition coefficient (Wildman–Crippen LogP) is 3.32. The van der Waals surface area contributed by atoms with Crippen LogP contribution in [0.5, 0.6) is 5.75 Å². The number of rotatable bonds is 6. The average molecular weight is 313 g/mol. The molecule has 23 heavy (non-hydrogen) atoms. The van der Waals surface area contributed by atoms with Crippen molar-refractivity contribution in [3.05, 3.63) is 64.7 Å². The van der Waals surface area contributed by atoms with Gasteiger partial charge in [-0.15, -0.1) is 0 Å². The lowest BCUT2D eigenvalue weighted by atomic mass is 9.99. The molecule has 2 aromatic rings. The molecule has 4 nitrogen and oxygen atoms in total. The van der Waals surface area contributed by atoms with Crippen LogP contribution in [0.2, 0.25) is 0 Å². The number of ether oxygens (including phenoxy) is 2. The second-order valence-electron chi connectivity index (χ2n) is 5.51. The van der Waals surface area contributed by atoms with Crippen molar-refractivity contribution >= 4 is 5.97 Å². The number of nitrogens with one attached hydrogen (secondary N) is 1. The Bertz CT molecular complexity index is 682. The minimum Gasteiger partial charge on any atom is -0.496 e. The second kappa shape index (κ2) is 7.79. The summed E-state index contributed by atoms with van der Waals surface area (Å²) >= 11 is 0. The molecule has 2 aromatic carbocycles. The van der Waals surface area contributed by atoms with Crippen LogP contribution < -0.4 is 10.1 Å². The molecule has 1 N–H and O–H groups in total. The molecule has 0 spiro atoms. The van der Waals surface area contributed by atoms with Gasteiger partial charge in [0.2, 0.25) is 0 Å². The largest absolute Gasteiger partial charge is 0.496 e. The molecule has 0 saturated heterocycles. The van der Waals surface area contributed by atoms with Crippen LogP contribution in [0.3, 0.4) is 0 Å². The first-order valence-electron chi connectivity index (χ1n) is 7.57. The topological polar surface area (TPSA) is 47.6 Å². The third-order valence-corrected chi connectivity index (χ3v) is 3.86. The van der Waals surface area contributed by atoms with Crippen molar-refractivity contribution < 1.29 is 14.3 Å². The van der Waals surface area contributed by atoms with Gasteiger partial charge in [0.05, 0.1) is 14.2 Å². The van der Waals surface area contributed by atoms with Crippen molar-refractivity contribution in [2.24, 2.45) is 0 Å². The number of hydrogen-bond acceptors (Lipinski definition) is 4. The van der Waals surface area contributed by atoms with Gasteiger partial charge in [-0.3, -0.25) is 5.32 Å². The summed E-state index contributed by atoms with van der Waals surface area (Å²) in [7, 11) is 3.05. The van der Waals surface area contributed by atoms with E-state index in [1.807, 2.05) is 50.2 Å². The van der Waals surface area contributed by atoms with Crippen molar-refractivity contribution in [3.8, 4) is 5.75 Å². The molecule has 122 valence electrons. The lowest BCUT2D eigenvalue weighted by Crippen LogP contribution is -2.30. The van der Waals surface area contributed by atoms with Crippen molar-refractivity contribution in [2.75, 3.05) is 14.2 Å². The first-order chi connectivity index (χ1) is 11.1. The van der Waals surface area contributed by atoms with Crippen molar-refractivity contribution in [1.29, 1.82) is 0 Å². The van der Waals surface area contributed by atoms with E-state index in [0.717, 1.165) is 22.4 Å². The highest BCUT2D eigenvalue weighted by Gasteiger charge is 2.23. The molecule has 0 heterocycles. The summed E-state index contributed by atoms with van der Waals surface area (Å²) in [5.41, 5.74) is 4.15. The summed E-state index contributed by atoms with van der Waals surface area (Å²) in [6, 6.07) is 13.3. The zero-order chi connectivity index (χ0) is 16.8. The molecule has 2 rings (SSSR count). The third-order valence-electron chi connectivity index (χ3n) is 3.86. The summed E-state index contributed by atoms with van der Waals surface area (Å²) in [5, 5.41) is 3.28. The standard InChI is InChI=1S/C19H23NO3/c1-13-9-10-16(14(2)11-13)18(19(21)23-4)20-12-15-7-5-6-8-17(15)22-3/h5-11,18,20H,12H2,1-4H3/t18-/m1/s1. The van der Waals surface area contributed by atoms with E-state index in [0.29, 0.717) is 6.54 Å². The van der Waals surface area contributed by atoms with Crippen LogP contribution in [0.15, 0.2) is 42.5 Å². The number of para-hydroxylation sites is 1. The molecular formula is C19H23NO3. The van der Waals surface area contributed by atoms with Crippen LogP contribution in [-0.2, 0) is 16.1 Å². The van der Waals surface area contributed by atoms with Crippen LogP contribution in [-0.4, -0.2) is 20.2 Å².